The molecule has 1 rings (SSSR count). The van der Waals surface area contributed by atoms with Crippen molar-refractivity contribution in [2.45, 2.75) is 18.2 Å². The van der Waals surface area contributed by atoms with Gasteiger partial charge in [0.1, 0.15) is 0 Å². The summed E-state index contributed by atoms with van der Waals surface area (Å²) in [7, 11) is -3.43. The van der Waals surface area contributed by atoms with E-state index in [0.29, 0.717) is 18.7 Å². The van der Waals surface area contributed by atoms with Crippen molar-refractivity contribution in [3.05, 3.63) is 36.4 Å². The molecule has 0 spiro atoms. The zero-order chi connectivity index (χ0) is 12.2. The molecule has 0 bridgehead atoms. The number of nitrogens with one attached hydrogen (secondary N) is 1. The summed E-state index contributed by atoms with van der Waals surface area (Å²) in [5, 5.41) is 0. The van der Waals surface area contributed by atoms with Gasteiger partial charge < -0.3 is 5.73 Å². The second kappa shape index (κ2) is 5.14. The molecule has 0 heterocycles. The van der Waals surface area contributed by atoms with E-state index in [4.69, 9.17) is 5.73 Å². The van der Waals surface area contributed by atoms with Crippen LogP contribution in [0.3, 0.4) is 0 Å². The molecule has 0 amide bonds. The summed E-state index contributed by atoms with van der Waals surface area (Å²) in [5.41, 5.74) is 6.97. The second-order valence-corrected chi connectivity index (χ2v) is 5.26. The molecule has 5 heteroatoms. The van der Waals surface area contributed by atoms with Gasteiger partial charge in [0, 0.05) is 12.2 Å². The first kappa shape index (κ1) is 12.7. The molecule has 4 nitrogen and oxygen atoms in total. The highest BCUT2D eigenvalue weighted by atomic mass is 32.2. The summed E-state index contributed by atoms with van der Waals surface area (Å²) < 4.78 is 26.1. The molecule has 0 saturated carbocycles. The third-order valence-corrected chi connectivity index (χ3v) is 3.65. The van der Waals surface area contributed by atoms with E-state index in [2.05, 4.69) is 11.3 Å². The van der Waals surface area contributed by atoms with Crippen molar-refractivity contribution >= 4 is 15.7 Å². The van der Waals surface area contributed by atoms with Crippen LogP contribution in [0.25, 0.3) is 0 Å². The van der Waals surface area contributed by atoms with Gasteiger partial charge in [-0.2, -0.15) is 0 Å². The average Bonchev–Trinajstić information content (AvgIpc) is 2.22. The highest BCUT2D eigenvalue weighted by molar-refractivity contribution is 7.89. The van der Waals surface area contributed by atoms with Gasteiger partial charge in [-0.25, -0.2) is 13.1 Å². The topological polar surface area (TPSA) is 72.2 Å². The maximum absolute atomic E-state index is 11.8. The zero-order valence-corrected chi connectivity index (χ0v) is 10.0. The smallest absolute Gasteiger partial charge is 0.240 e. The molecule has 3 N–H and O–H groups in total. The van der Waals surface area contributed by atoms with Crippen molar-refractivity contribution in [1.29, 1.82) is 0 Å². The first-order valence-electron chi connectivity index (χ1n) is 4.94. The van der Waals surface area contributed by atoms with Crippen LogP contribution in [0.5, 0.6) is 0 Å². The molecule has 0 unspecified atom stereocenters. The molecule has 0 aliphatic carbocycles. The van der Waals surface area contributed by atoms with E-state index in [1.165, 1.54) is 6.07 Å². The highest BCUT2D eigenvalue weighted by Gasteiger charge is 2.13. The van der Waals surface area contributed by atoms with Gasteiger partial charge >= 0.3 is 0 Å². The Bertz CT molecular complexity index is 481. The second-order valence-electron chi connectivity index (χ2n) is 3.49. The van der Waals surface area contributed by atoms with E-state index in [9.17, 15) is 8.42 Å². The largest absolute Gasteiger partial charge is 0.399 e. The SMILES string of the molecule is C=CCCNS(=O)(=O)c1ccc(N)c(C)c1. The third kappa shape index (κ3) is 3.08. The molecule has 16 heavy (non-hydrogen) atoms. The quantitative estimate of drug-likeness (QED) is 0.464. The molecule has 0 aliphatic heterocycles. The minimum atomic E-state index is -3.43. The molecular weight excluding hydrogens is 224 g/mol. The van der Waals surface area contributed by atoms with Crippen LogP contribution in [0.15, 0.2) is 35.7 Å². The number of anilines is 1. The van der Waals surface area contributed by atoms with Crippen molar-refractivity contribution in [2.24, 2.45) is 0 Å². The number of benzene rings is 1. The van der Waals surface area contributed by atoms with Crippen LogP contribution in [-0.4, -0.2) is 15.0 Å². The lowest BCUT2D eigenvalue weighted by Crippen LogP contribution is -2.24. The van der Waals surface area contributed by atoms with Crippen molar-refractivity contribution in [3.63, 3.8) is 0 Å². The lowest BCUT2D eigenvalue weighted by atomic mass is 10.2. The third-order valence-electron chi connectivity index (χ3n) is 2.19. The fraction of sp³-hybridized carbons (Fsp3) is 0.273. The van der Waals surface area contributed by atoms with Crippen LogP contribution in [0.2, 0.25) is 0 Å². The normalized spacial score (nSPS) is 11.3. The van der Waals surface area contributed by atoms with E-state index >= 15 is 0 Å². The minimum absolute atomic E-state index is 0.239. The average molecular weight is 240 g/mol. The predicted octanol–water partition coefficient (Wildman–Crippen LogP) is 1.43. The first-order chi connectivity index (χ1) is 7.47. The Morgan fingerprint density at radius 1 is 1.50 bits per heavy atom. The van der Waals surface area contributed by atoms with Gasteiger partial charge in [-0.1, -0.05) is 6.08 Å². The highest BCUT2D eigenvalue weighted by Crippen LogP contribution is 2.16. The predicted molar refractivity (Wildman–Crippen MR) is 65.6 cm³/mol. The Hall–Kier alpha value is -1.33. The summed E-state index contributed by atoms with van der Waals surface area (Å²) in [6.07, 6.45) is 2.27. The van der Waals surface area contributed by atoms with Gasteiger partial charge in [0.15, 0.2) is 0 Å². The summed E-state index contributed by atoms with van der Waals surface area (Å²) in [6, 6.07) is 4.65. The summed E-state index contributed by atoms with van der Waals surface area (Å²) in [5.74, 6) is 0. The Kier molecular flexibility index (Phi) is 4.09. The van der Waals surface area contributed by atoms with Crippen molar-refractivity contribution in [2.75, 3.05) is 12.3 Å². The van der Waals surface area contributed by atoms with Crippen LogP contribution in [-0.2, 0) is 10.0 Å². The van der Waals surface area contributed by atoms with Gasteiger partial charge in [0.2, 0.25) is 10.0 Å². The molecule has 0 radical (unpaired) electrons. The number of rotatable bonds is 5. The molecule has 0 aliphatic rings. The Labute approximate surface area is 96.2 Å². The van der Waals surface area contributed by atoms with Gasteiger partial charge in [-0.3, -0.25) is 0 Å². The number of aryl methyl sites for hydroxylation is 1. The monoisotopic (exact) mass is 240 g/mol. The Morgan fingerprint density at radius 3 is 2.75 bits per heavy atom. The molecule has 1 aromatic carbocycles. The molecule has 0 saturated heterocycles. The summed E-state index contributed by atoms with van der Waals surface area (Å²) in [4.78, 5) is 0.239. The van der Waals surface area contributed by atoms with Gasteiger partial charge in [-0.05, 0) is 37.1 Å². The van der Waals surface area contributed by atoms with Crippen LogP contribution in [0, 0.1) is 6.92 Å². The Balaban J connectivity index is 2.90. The zero-order valence-electron chi connectivity index (χ0n) is 9.23. The van der Waals surface area contributed by atoms with Crippen LogP contribution < -0.4 is 10.5 Å². The maximum atomic E-state index is 11.8. The number of hydrogen-bond acceptors (Lipinski definition) is 3. The number of nitrogens with two attached hydrogens (primary N) is 1. The number of sulfonamides is 1. The molecule has 0 aromatic heterocycles. The van der Waals surface area contributed by atoms with E-state index in [0.717, 1.165) is 5.56 Å². The molecule has 0 atom stereocenters. The van der Waals surface area contributed by atoms with Crippen molar-refractivity contribution in [1.82, 2.24) is 4.72 Å². The first-order valence-corrected chi connectivity index (χ1v) is 6.42. The number of nitrogen functional groups attached to an aromatic ring is 1. The molecular formula is C11H16N2O2S. The fourth-order valence-electron chi connectivity index (χ4n) is 1.19. The standard InChI is InChI=1S/C11H16N2O2S/c1-3-4-7-13-16(14,15)10-5-6-11(12)9(2)8-10/h3,5-6,8,13H,1,4,7,12H2,2H3. The van der Waals surface area contributed by atoms with Gasteiger partial charge in [0.05, 0.1) is 4.90 Å². The van der Waals surface area contributed by atoms with Crippen LogP contribution >= 0.6 is 0 Å². The van der Waals surface area contributed by atoms with E-state index in [1.54, 1.807) is 25.1 Å². The maximum Gasteiger partial charge on any atom is 0.240 e. The Morgan fingerprint density at radius 2 is 2.19 bits per heavy atom. The van der Waals surface area contributed by atoms with Crippen LogP contribution in [0.1, 0.15) is 12.0 Å². The molecule has 0 fully saturated rings. The summed E-state index contributed by atoms with van der Waals surface area (Å²) in [6.45, 7) is 5.66. The molecule has 88 valence electrons. The van der Waals surface area contributed by atoms with Crippen molar-refractivity contribution in [3.8, 4) is 0 Å². The molecule has 1 aromatic rings. The van der Waals surface area contributed by atoms with E-state index in [-0.39, 0.29) is 4.90 Å². The van der Waals surface area contributed by atoms with Gasteiger partial charge in [0.25, 0.3) is 0 Å². The fourth-order valence-corrected chi connectivity index (χ4v) is 2.33. The number of hydrogen-bond donors (Lipinski definition) is 2. The van der Waals surface area contributed by atoms with Gasteiger partial charge in [-0.15, -0.1) is 6.58 Å². The summed E-state index contributed by atoms with van der Waals surface area (Å²) >= 11 is 0. The van der Waals surface area contributed by atoms with Crippen molar-refractivity contribution < 1.29 is 8.42 Å². The van der Waals surface area contributed by atoms with E-state index in [1.807, 2.05) is 0 Å². The lowest BCUT2D eigenvalue weighted by Gasteiger charge is -2.07. The lowest BCUT2D eigenvalue weighted by molar-refractivity contribution is 0.582. The van der Waals surface area contributed by atoms with Crippen LogP contribution in [0.4, 0.5) is 5.69 Å². The van der Waals surface area contributed by atoms with E-state index < -0.39 is 10.0 Å². The minimum Gasteiger partial charge on any atom is -0.399 e.